The predicted octanol–water partition coefficient (Wildman–Crippen LogP) is 5.69. The zero-order chi connectivity index (χ0) is 27.8. The van der Waals surface area contributed by atoms with Crippen LogP contribution in [-0.2, 0) is 19.3 Å². The first-order valence-electron chi connectivity index (χ1n) is 11.9. The summed E-state index contributed by atoms with van der Waals surface area (Å²) in [5.41, 5.74) is 7.66. The Balaban J connectivity index is 1.74. The quantitative estimate of drug-likeness (QED) is 0.334. The Labute approximate surface area is 226 Å². The van der Waals surface area contributed by atoms with Crippen LogP contribution < -0.4 is 0 Å². The van der Waals surface area contributed by atoms with Gasteiger partial charge in [-0.3, -0.25) is 0 Å². The van der Waals surface area contributed by atoms with Crippen LogP contribution in [0.1, 0.15) is 66.8 Å². The molecule has 0 aliphatic carbocycles. The van der Waals surface area contributed by atoms with Crippen molar-refractivity contribution < 1.29 is 0 Å². The fraction of sp³-hybridized carbons (Fsp3) is 0.0909. The molecule has 0 unspecified atom stereocenters. The number of nitriles is 6. The van der Waals surface area contributed by atoms with E-state index in [0.717, 1.165) is 33.4 Å². The zero-order valence-electron chi connectivity index (χ0n) is 20.7. The van der Waals surface area contributed by atoms with Gasteiger partial charge in [0, 0.05) is 0 Å². The minimum atomic E-state index is 0.328. The fourth-order valence-corrected chi connectivity index (χ4v) is 4.53. The summed E-state index contributed by atoms with van der Waals surface area (Å²) in [6.45, 7) is 0. The molecule has 180 valence electrons. The van der Waals surface area contributed by atoms with Crippen LogP contribution in [0.3, 0.4) is 0 Å². The molecule has 4 aromatic rings. The minimum absolute atomic E-state index is 0.328. The van der Waals surface area contributed by atoms with Crippen LogP contribution in [-0.4, -0.2) is 0 Å². The van der Waals surface area contributed by atoms with Crippen LogP contribution >= 0.6 is 0 Å². The van der Waals surface area contributed by atoms with Crippen molar-refractivity contribution >= 4 is 0 Å². The standard InChI is InChI=1S/C33H18N6/c34-16-28-4-1-22(13-31(28)19-37)7-25-10-26(8-23-2-5-29(17-35)32(14-23)20-38)12-27(11-25)9-24-3-6-30(18-36)33(15-24)21-39/h1-6,10-15H,7-9H2. The molecule has 4 aromatic carbocycles. The average molecular weight is 499 g/mol. The fourth-order valence-electron chi connectivity index (χ4n) is 4.53. The maximum absolute atomic E-state index is 9.43. The maximum Gasteiger partial charge on any atom is 0.101 e. The third-order valence-corrected chi connectivity index (χ3v) is 6.31. The number of nitrogens with zero attached hydrogens (tertiary/aromatic N) is 6. The molecule has 6 nitrogen and oxygen atoms in total. The Morgan fingerprint density at radius 3 is 0.795 bits per heavy atom. The summed E-state index contributed by atoms with van der Waals surface area (Å²) >= 11 is 0. The molecule has 0 heterocycles. The van der Waals surface area contributed by atoms with Crippen molar-refractivity contribution in [3.63, 3.8) is 0 Å². The Bertz CT molecular complexity index is 1630. The molecule has 0 spiro atoms. The summed E-state index contributed by atoms with van der Waals surface area (Å²) in [5, 5.41) is 56.0. The summed E-state index contributed by atoms with van der Waals surface area (Å²) in [5.74, 6) is 0. The van der Waals surface area contributed by atoms with Gasteiger partial charge in [0.25, 0.3) is 0 Å². The van der Waals surface area contributed by atoms with Crippen LogP contribution in [0.2, 0.25) is 0 Å². The molecule has 0 saturated carbocycles. The molecule has 0 amide bonds. The molecule has 0 bridgehead atoms. The lowest BCUT2D eigenvalue weighted by molar-refractivity contribution is 1.09. The van der Waals surface area contributed by atoms with E-state index in [0.29, 0.717) is 52.6 Å². The van der Waals surface area contributed by atoms with Crippen molar-refractivity contribution in [1.82, 2.24) is 0 Å². The lowest BCUT2D eigenvalue weighted by atomic mass is 9.92. The van der Waals surface area contributed by atoms with Crippen molar-refractivity contribution in [3.8, 4) is 36.4 Å². The molecule has 0 aliphatic rings. The first-order valence-corrected chi connectivity index (χ1v) is 11.9. The molecular formula is C33H18N6. The van der Waals surface area contributed by atoms with Gasteiger partial charge in [-0.15, -0.1) is 0 Å². The largest absolute Gasteiger partial charge is 0.192 e. The van der Waals surface area contributed by atoms with Crippen LogP contribution in [0, 0.1) is 68.0 Å². The average Bonchev–Trinajstić information content (AvgIpc) is 2.96. The summed E-state index contributed by atoms with van der Waals surface area (Å²) in [6.07, 6.45) is 1.61. The smallest absolute Gasteiger partial charge is 0.101 e. The van der Waals surface area contributed by atoms with Gasteiger partial charge in [-0.1, -0.05) is 36.4 Å². The monoisotopic (exact) mass is 498 g/mol. The van der Waals surface area contributed by atoms with E-state index in [-0.39, 0.29) is 0 Å². The minimum Gasteiger partial charge on any atom is -0.192 e. The molecule has 0 N–H and O–H groups in total. The van der Waals surface area contributed by atoms with Crippen molar-refractivity contribution in [1.29, 1.82) is 31.6 Å². The number of rotatable bonds is 6. The SMILES string of the molecule is N#Cc1ccc(Cc2cc(Cc3ccc(C#N)c(C#N)c3)cc(Cc3ccc(C#N)c(C#N)c3)c2)cc1C#N. The van der Waals surface area contributed by atoms with Crippen LogP contribution in [0.15, 0.2) is 72.8 Å². The van der Waals surface area contributed by atoms with Gasteiger partial charge in [0.1, 0.15) is 36.4 Å². The van der Waals surface area contributed by atoms with E-state index in [1.807, 2.05) is 36.4 Å². The Morgan fingerprint density at radius 2 is 0.564 bits per heavy atom. The third kappa shape index (κ3) is 5.97. The molecule has 0 atom stereocenters. The number of hydrogen-bond donors (Lipinski definition) is 0. The van der Waals surface area contributed by atoms with Crippen molar-refractivity contribution in [2.45, 2.75) is 19.3 Å². The van der Waals surface area contributed by atoms with Gasteiger partial charge in [-0.25, -0.2) is 0 Å². The summed E-state index contributed by atoms with van der Waals surface area (Å²) < 4.78 is 0. The maximum atomic E-state index is 9.43. The molecule has 0 radical (unpaired) electrons. The number of hydrogen-bond acceptors (Lipinski definition) is 6. The summed E-state index contributed by atoms with van der Waals surface area (Å²) in [7, 11) is 0. The molecular weight excluding hydrogens is 480 g/mol. The van der Waals surface area contributed by atoms with Gasteiger partial charge in [-0.2, -0.15) is 31.6 Å². The summed E-state index contributed by atoms with van der Waals surface area (Å²) in [4.78, 5) is 0. The summed E-state index contributed by atoms with van der Waals surface area (Å²) in [6, 6.07) is 34.2. The lowest BCUT2D eigenvalue weighted by Crippen LogP contribution is -1.99. The van der Waals surface area contributed by atoms with Crippen molar-refractivity contribution in [3.05, 3.63) is 140 Å². The van der Waals surface area contributed by atoms with Gasteiger partial charge in [0.05, 0.1) is 33.4 Å². The van der Waals surface area contributed by atoms with E-state index in [1.165, 1.54) is 0 Å². The van der Waals surface area contributed by atoms with Gasteiger partial charge in [0.2, 0.25) is 0 Å². The molecule has 39 heavy (non-hydrogen) atoms. The van der Waals surface area contributed by atoms with Crippen molar-refractivity contribution in [2.75, 3.05) is 0 Å². The van der Waals surface area contributed by atoms with Crippen molar-refractivity contribution in [2.24, 2.45) is 0 Å². The second-order valence-corrected chi connectivity index (χ2v) is 9.00. The van der Waals surface area contributed by atoms with Gasteiger partial charge in [0.15, 0.2) is 0 Å². The highest BCUT2D eigenvalue weighted by atomic mass is 14.3. The Kier molecular flexibility index (Phi) is 7.77. The van der Waals surface area contributed by atoms with Crippen LogP contribution in [0.5, 0.6) is 0 Å². The van der Waals surface area contributed by atoms with Crippen LogP contribution in [0.4, 0.5) is 0 Å². The van der Waals surface area contributed by atoms with E-state index >= 15 is 0 Å². The number of benzene rings is 4. The zero-order valence-corrected chi connectivity index (χ0v) is 20.7. The topological polar surface area (TPSA) is 143 Å². The normalized spacial score (nSPS) is 9.69. The highest BCUT2D eigenvalue weighted by Gasteiger charge is 2.10. The second-order valence-electron chi connectivity index (χ2n) is 9.00. The highest BCUT2D eigenvalue weighted by Crippen LogP contribution is 2.23. The molecule has 4 rings (SSSR count). The Morgan fingerprint density at radius 1 is 0.308 bits per heavy atom. The third-order valence-electron chi connectivity index (χ3n) is 6.31. The highest BCUT2D eigenvalue weighted by molar-refractivity contribution is 5.51. The molecule has 0 aliphatic heterocycles. The molecule has 0 saturated heterocycles. The molecule has 0 aromatic heterocycles. The van der Waals surface area contributed by atoms with E-state index < -0.39 is 0 Å². The van der Waals surface area contributed by atoms with Gasteiger partial charge < -0.3 is 0 Å². The lowest BCUT2D eigenvalue weighted by Gasteiger charge is -2.12. The first-order chi connectivity index (χ1) is 19.0. The van der Waals surface area contributed by atoms with Crippen LogP contribution in [0.25, 0.3) is 0 Å². The van der Waals surface area contributed by atoms with Gasteiger partial charge in [-0.05, 0) is 89.0 Å². The Hall–Kier alpha value is -6.18. The molecule has 0 fully saturated rings. The first kappa shape index (κ1) is 25.9. The predicted molar refractivity (Wildman–Crippen MR) is 142 cm³/mol. The van der Waals surface area contributed by atoms with E-state index in [1.54, 1.807) is 36.4 Å². The van der Waals surface area contributed by atoms with Gasteiger partial charge >= 0.3 is 0 Å². The van der Waals surface area contributed by atoms with E-state index in [9.17, 15) is 31.6 Å². The second kappa shape index (κ2) is 11.7. The molecule has 6 heteroatoms. The van der Waals surface area contributed by atoms with E-state index in [2.05, 4.69) is 36.4 Å². The van der Waals surface area contributed by atoms with E-state index in [4.69, 9.17) is 0 Å².